The van der Waals surface area contributed by atoms with Crippen LogP contribution in [0, 0.1) is 25.7 Å². The lowest BCUT2D eigenvalue weighted by molar-refractivity contribution is -0.121. The molecule has 1 unspecified atom stereocenters. The van der Waals surface area contributed by atoms with Crippen LogP contribution in [0.2, 0.25) is 0 Å². The van der Waals surface area contributed by atoms with E-state index in [9.17, 15) is 13.2 Å². The summed E-state index contributed by atoms with van der Waals surface area (Å²) in [6, 6.07) is 7.34. The molecule has 1 amide bonds. The Morgan fingerprint density at radius 3 is 2.43 bits per heavy atom. The van der Waals surface area contributed by atoms with Gasteiger partial charge in [-0.3, -0.25) is 4.79 Å². The first-order valence-corrected chi connectivity index (χ1v) is 12.1. The number of piperidine rings is 1. The molecule has 2 aliphatic rings. The van der Waals surface area contributed by atoms with Crippen molar-refractivity contribution >= 4 is 21.7 Å². The van der Waals surface area contributed by atoms with Crippen LogP contribution in [0.15, 0.2) is 35.4 Å². The molecule has 8 heteroatoms. The Hall–Kier alpha value is -2.19. The lowest BCUT2D eigenvalue weighted by Gasteiger charge is -2.30. The molecule has 1 saturated carbocycles. The van der Waals surface area contributed by atoms with Crippen LogP contribution in [0.25, 0.3) is 0 Å². The third kappa shape index (κ3) is 4.16. The molecule has 1 aliphatic carbocycles. The smallest absolute Gasteiger partial charge is 0.243 e. The first kappa shape index (κ1) is 21.1. The lowest BCUT2D eigenvalue weighted by atomic mass is 9.97. The van der Waals surface area contributed by atoms with E-state index >= 15 is 0 Å². The van der Waals surface area contributed by atoms with E-state index < -0.39 is 10.0 Å². The Labute approximate surface area is 178 Å². The first-order chi connectivity index (χ1) is 14.3. The monoisotopic (exact) mass is 430 g/mol. The summed E-state index contributed by atoms with van der Waals surface area (Å²) in [5.74, 6) is 1.11. The van der Waals surface area contributed by atoms with E-state index in [1.165, 1.54) is 17.1 Å². The molecule has 30 heavy (non-hydrogen) atoms. The van der Waals surface area contributed by atoms with Crippen molar-refractivity contribution in [3.8, 4) is 0 Å². The molecule has 4 rings (SSSR count). The van der Waals surface area contributed by atoms with Gasteiger partial charge in [-0.05, 0) is 75.6 Å². The Morgan fingerprint density at radius 2 is 1.80 bits per heavy atom. The summed E-state index contributed by atoms with van der Waals surface area (Å²) in [6.07, 6.45) is 5.17. The van der Waals surface area contributed by atoms with Crippen LogP contribution in [0.1, 0.15) is 49.8 Å². The summed E-state index contributed by atoms with van der Waals surface area (Å²) in [7, 11) is -3.53. The Kier molecular flexibility index (Phi) is 5.72. The van der Waals surface area contributed by atoms with Crippen LogP contribution in [0.3, 0.4) is 0 Å². The summed E-state index contributed by atoms with van der Waals surface area (Å²) in [5, 5.41) is 7.40. The van der Waals surface area contributed by atoms with Crippen molar-refractivity contribution in [1.29, 1.82) is 0 Å². The van der Waals surface area contributed by atoms with Crippen molar-refractivity contribution in [2.24, 2.45) is 11.8 Å². The van der Waals surface area contributed by atoms with Crippen molar-refractivity contribution in [1.82, 2.24) is 14.1 Å². The SMILES string of the molecule is Cc1ccc(S(=O)(=O)N2CCC(C(=O)Nc3ccnn3C(C)C3CC3)CC2)cc1C. The van der Waals surface area contributed by atoms with E-state index in [4.69, 9.17) is 0 Å². The average molecular weight is 431 g/mol. The number of carbonyl (C=O) groups excluding carboxylic acids is 1. The second-order valence-electron chi connectivity index (χ2n) is 8.65. The number of rotatable bonds is 6. The molecule has 2 aromatic rings. The summed E-state index contributed by atoms with van der Waals surface area (Å²) >= 11 is 0. The fraction of sp³-hybridized carbons (Fsp3) is 0.545. The van der Waals surface area contributed by atoms with E-state index in [1.54, 1.807) is 18.3 Å². The second-order valence-corrected chi connectivity index (χ2v) is 10.6. The molecule has 1 aromatic heterocycles. The van der Waals surface area contributed by atoms with E-state index in [-0.39, 0.29) is 17.9 Å². The number of hydrogen-bond acceptors (Lipinski definition) is 4. The van der Waals surface area contributed by atoms with Gasteiger partial charge in [-0.1, -0.05) is 6.07 Å². The number of amides is 1. The second kappa shape index (κ2) is 8.15. The van der Waals surface area contributed by atoms with E-state index in [2.05, 4.69) is 17.3 Å². The number of hydrogen-bond donors (Lipinski definition) is 1. The number of nitrogens with zero attached hydrogens (tertiary/aromatic N) is 3. The Balaban J connectivity index is 1.38. The van der Waals surface area contributed by atoms with Gasteiger partial charge in [0.2, 0.25) is 15.9 Å². The van der Waals surface area contributed by atoms with Crippen molar-refractivity contribution in [3.63, 3.8) is 0 Å². The van der Waals surface area contributed by atoms with Crippen molar-refractivity contribution < 1.29 is 13.2 Å². The minimum Gasteiger partial charge on any atom is -0.311 e. The number of carbonyl (C=O) groups is 1. The van der Waals surface area contributed by atoms with Crippen LogP contribution in [0.5, 0.6) is 0 Å². The van der Waals surface area contributed by atoms with Gasteiger partial charge >= 0.3 is 0 Å². The topological polar surface area (TPSA) is 84.3 Å². The number of aryl methyl sites for hydroxylation is 2. The highest BCUT2D eigenvalue weighted by Crippen LogP contribution is 2.40. The van der Waals surface area contributed by atoms with Gasteiger partial charge in [-0.15, -0.1) is 0 Å². The number of nitrogens with one attached hydrogen (secondary N) is 1. The molecule has 2 fully saturated rings. The fourth-order valence-corrected chi connectivity index (χ4v) is 5.68. The molecule has 2 heterocycles. The normalized spacial score (nSPS) is 19.6. The van der Waals surface area contributed by atoms with Crippen molar-refractivity contribution in [2.75, 3.05) is 18.4 Å². The standard InChI is InChI=1S/C22H30N4O3S/c1-15-4-7-20(14-16(15)2)30(28,29)25-12-9-19(10-13-25)22(27)24-21-8-11-23-26(21)17(3)18-5-6-18/h4,7-8,11,14,17-19H,5-6,9-10,12-13H2,1-3H3,(H,24,27). The van der Waals surface area contributed by atoms with E-state index in [0.717, 1.165) is 16.9 Å². The number of anilines is 1. The number of benzene rings is 1. The Bertz CT molecular complexity index is 1030. The minimum absolute atomic E-state index is 0.0528. The van der Waals surface area contributed by atoms with Crippen LogP contribution in [0.4, 0.5) is 5.82 Å². The van der Waals surface area contributed by atoms with Gasteiger partial charge < -0.3 is 5.32 Å². The predicted octanol–water partition coefficient (Wildman–Crippen LogP) is 3.51. The molecule has 0 spiro atoms. The number of aromatic nitrogens is 2. The molecule has 7 nitrogen and oxygen atoms in total. The quantitative estimate of drug-likeness (QED) is 0.760. The highest BCUT2D eigenvalue weighted by Gasteiger charge is 2.34. The summed E-state index contributed by atoms with van der Waals surface area (Å²) in [5.41, 5.74) is 2.03. The maximum absolute atomic E-state index is 13.0. The molecule has 1 N–H and O–H groups in total. The van der Waals surface area contributed by atoms with Gasteiger partial charge in [0, 0.05) is 25.1 Å². The third-order valence-electron chi connectivity index (χ3n) is 6.55. The molecular formula is C22H30N4O3S. The molecule has 1 atom stereocenters. The average Bonchev–Trinajstić information content (AvgIpc) is 3.48. The largest absolute Gasteiger partial charge is 0.311 e. The maximum Gasteiger partial charge on any atom is 0.243 e. The predicted molar refractivity (Wildman–Crippen MR) is 116 cm³/mol. The zero-order chi connectivity index (χ0) is 21.5. The first-order valence-electron chi connectivity index (χ1n) is 10.7. The van der Waals surface area contributed by atoms with Crippen LogP contribution >= 0.6 is 0 Å². The minimum atomic E-state index is -3.53. The molecule has 1 saturated heterocycles. The lowest BCUT2D eigenvalue weighted by Crippen LogP contribution is -2.41. The molecule has 162 valence electrons. The summed E-state index contributed by atoms with van der Waals surface area (Å²) < 4.78 is 29.4. The van der Waals surface area contributed by atoms with Crippen LogP contribution < -0.4 is 5.32 Å². The van der Waals surface area contributed by atoms with E-state index in [1.807, 2.05) is 30.7 Å². The van der Waals surface area contributed by atoms with Gasteiger partial charge in [-0.2, -0.15) is 9.40 Å². The molecule has 1 aromatic carbocycles. The molecule has 0 bridgehead atoms. The van der Waals surface area contributed by atoms with Crippen molar-refractivity contribution in [2.45, 2.75) is 57.4 Å². The maximum atomic E-state index is 13.0. The highest BCUT2D eigenvalue weighted by molar-refractivity contribution is 7.89. The zero-order valence-corrected chi connectivity index (χ0v) is 18.7. The third-order valence-corrected chi connectivity index (χ3v) is 8.45. The Morgan fingerprint density at radius 1 is 1.10 bits per heavy atom. The zero-order valence-electron chi connectivity index (χ0n) is 17.8. The molecule has 0 radical (unpaired) electrons. The molecular weight excluding hydrogens is 400 g/mol. The summed E-state index contributed by atoms with van der Waals surface area (Å²) in [4.78, 5) is 13.1. The van der Waals surface area contributed by atoms with Crippen LogP contribution in [-0.2, 0) is 14.8 Å². The van der Waals surface area contributed by atoms with Gasteiger partial charge in [0.25, 0.3) is 0 Å². The van der Waals surface area contributed by atoms with Crippen LogP contribution in [-0.4, -0.2) is 41.5 Å². The van der Waals surface area contributed by atoms with E-state index in [0.29, 0.717) is 36.7 Å². The highest BCUT2D eigenvalue weighted by atomic mass is 32.2. The van der Waals surface area contributed by atoms with Gasteiger partial charge in [0.05, 0.1) is 17.1 Å². The van der Waals surface area contributed by atoms with Gasteiger partial charge in [-0.25, -0.2) is 13.1 Å². The summed E-state index contributed by atoms with van der Waals surface area (Å²) in [6.45, 7) is 6.72. The van der Waals surface area contributed by atoms with Gasteiger partial charge in [0.15, 0.2) is 0 Å². The van der Waals surface area contributed by atoms with Crippen molar-refractivity contribution in [3.05, 3.63) is 41.6 Å². The molecule has 1 aliphatic heterocycles. The number of sulfonamides is 1. The van der Waals surface area contributed by atoms with Gasteiger partial charge in [0.1, 0.15) is 5.82 Å². The fourth-order valence-electron chi connectivity index (χ4n) is 4.13.